The van der Waals surface area contributed by atoms with E-state index in [2.05, 4.69) is 4.74 Å². The van der Waals surface area contributed by atoms with Gasteiger partial charge >= 0.3 is 5.97 Å². The number of methoxy groups -OCH3 is 1. The molecule has 1 unspecified atom stereocenters. The van der Waals surface area contributed by atoms with Gasteiger partial charge in [0.1, 0.15) is 0 Å². The van der Waals surface area contributed by atoms with Crippen molar-refractivity contribution in [2.45, 2.75) is 39.0 Å². The highest BCUT2D eigenvalue weighted by atomic mass is 16.7. The quantitative estimate of drug-likeness (QED) is 0.443. The molecule has 0 aliphatic heterocycles. The van der Waals surface area contributed by atoms with Crippen molar-refractivity contribution in [1.29, 1.82) is 0 Å². The third-order valence-corrected chi connectivity index (χ3v) is 3.83. The highest BCUT2D eigenvalue weighted by Crippen LogP contribution is 2.08. The zero-order chi connectivity index (χ0) is 19.4. The number of hydrogen-bond acceptors (Lipinski definition) is 6. The van der Waals surface area contributed by atoms with Crippen molar-refractivity contribution >= 4 is 11.9 Å². The fourth-order valence-electron chi connectivity index (χ4n) is 2.49. The molecule has 0 bridgehead atoms. The Bertz CT molecular complexity index is 532. The van der Waals surface area contributed by atoms with Gasteiger partial charge in [-0.1, -0.05) is 30.3 Å². The summed E-state index contributed by atoms with van der Waals surface area (Å²) in [6, 6.07) is 8.89. The number of esters is 1. The number of hydrogen-bond donors (Lipinski definition) is 1. The third kappa shape index (κ3) is 7.95. The second kappa shape index (κ2) is 12.4. The normalized spacial score (nSPS) is 12.0. The zero-order valence-corrected chi connectivity index (χ0v) is 15.8. The number of carbonyl (C=O) groups excluding carboxylic acids is 2. The molecule has 0 fully saturated rings. The number of amides is 1. The summed E-state index contributed by atoms with van der Waals surface area (Å²) >= 11 is 0. The highest BCUT2D eigenvalue weighted by Gasteiger charge is 2.26. The van der Waals surface area contributed by atoms with Gasteiger partial charge in [0.25, 0.3) is 0 Å². The fourth-order valence-corrected chi connectivity index (χ4v) is 2.49. The summed E-state index contributed by atoms with van der Waals surface area (Å²) < 4.78 is 15.7. The van der Waals surface area contributed by atoms with Gasteiger partial charge in [0.05, 0.1) is 26.1 Å². The van der Waals surface area contributed by atoms with Crippen LogP contribution in [0.3, 0.4) is 0 Å². The number of nitrogens with two attached hydrogens (primary N) is 1. The maximum atomic E-state index is 12.7. The van der Waals surface area contributed by atoms with Crippen molar-refractivity contribution in [1.82, 2.24) is 4.90 Å². The molecule has 146 valence electrons. The van der Waals surface area contributed by atoms with Crippen molar-refractivity contribution in [2.24, 2.45) is 5.73 Å². The molecule has 0 saturated heterocycles. The third-order valence-electron chi connectivity index (χ3n) is 3.83. The van der Waals surface area contributed by atoms with Crippen LogP contribution >= 0.6 is 0 Å². The number of carbonyl (C=O) groups is 2. The van der Waals surface area contributed by atoms with Crippen molar-refractivity contribution in [3.8, 4) is 0 Å². The molecule has 1 aromatic rings. The van der Waals surface area contributed by atoms with Crippen molar-refractivity contribution in [2.75, 3.05) is 33.4 Å². The molecule has 0 aliphatic carbocycles. The molecule has 1 amide bonds. The average Bonchev–Trinajstić information content (AvgIpc) is 2.65. The number of nitrogens with zero attached hydrogens (tertiary/aromatic N) is 1. The van der Waals surface area contributed by atoms with Gasteiger partial charge in [-0.25, -0.2) is 0 Å². The Morgan fingerprint density at radius 2 is 1.73 bits per heavy atom. The Hall–Kier alpha value is -1.96. The van der Waals surface area contributed by atoms with Gasteiger partial charge in [-0.15, -0.1) is 0 Å². The summed E-state index contributed by atoms with van der Waals surface area (Å²) in [7, 11) is 1.27. The molecule has 0 radical (unpaired) electrons. The first kappa shape index (κ1) is 22.1. The van der Waals surface area contributed by atoms with E-state index in [0.717, 1.165) is 5.56 Å². The highest BCUT2D eigenvalue weighted by molar-refractivity contribution is 5.86. The Kier molecular flexibility index (Phi) is 10.5. The van der Waals surface area contributed by atoms with Crippen LogP contribution in [0.4, 0.5) is 0 Å². The molecule has 0 heterocycles. The number of benzene rings is 1. The lowest BCUT2D eigenvalue weighted by molar-refractivity contribution is -0.160. The molecule has 1 aromatic carbocycles. The minimum atomic E-state index is -0.956. The van der Waals surface area contributed by atoms with Crippen LogP contribution in [0.15, 0.2) is 30.3 Å². The van der Waals surface area contributed by atoms with Gasteiger partial charge in [-0.2, -0.15) is 0 Å². The van der Waals surface area contributed by atoms with E-state index in [1.807, 2.05) is 44.2 Å². The molecular formula is C19H30N2O5. The van der Waals surface area contributed by atoms with Gasteiger partial charge in [-0.05, 0) is 25.8 Å². The first-order valence-electron chi connectivity index (χ1n) is 8.90. The predicted octanol–water partition coefficient (Wildman–Crippen LogP) is 1.35. The largest absolute Gasteiger partial charge is 0.469 e. The molecule has 0 saturated carbocycles. The minimum absolute atomic E-state index is 0.162. The zero-order valence-electron chi connectivity index (χ0n) is 15.8. The predicted molar refractivity (Wildman–Crippen MR) is 98.4 cm³/mol. The maximum Gasteiger partial charge on any atom is 0.307 e. The van der Waals surface area contributed by atoms with Crippen LogP contribution in [0.5, 0.6) is 0 Å². The maximum absolute atomic E-state index is 12.7. The Morgan fingerprint density at radius 3 is 2.27 bits per heavy atom. The first-order chi connectivity index (χ1) is 12.5. The van der Waals surface area contributed by atoms with E-state index in [1.165, 1.54) is 7.11 Å². The molecule has 0 aromatic heterocycles. The van der Waals surface area contributed by atoms with Crippen LogP contribution in [0.1, 0.15) is 25.8 Å². The van der Waals surface area contributed by atoms with Gasteiger partial charge in [0.15, 0.2) is 6.29 Å². The second-order valence-corrected chi connectivity index (χ2v) is 5.75. The molecule has 0 spiro atoms. The topological polar surface area (TPSA) is 91.1 Å². The molecular weight excluding hydrogens is 336 g/mol. The Balaban J connectivity index is 2.81. The van der Waals surface area contributed by atoms with Crippen LogP contribution in [0, 0.1) is 0 Å². The smallest absolute Gasteiger partial charge is 0.307 e. The van der Waals surface area contributed by atoms with Gasteiger partial charge in [-0.3, -0.25) is 9.59 Å². The standard InChI is InChI=1S/C19H30N2O5/c1-4-25-18(26-5-2)14-21(12-11-15-9-7-6-8-10-15)19(23)16(20)13-17(22)24-3/h6-10,16,18H,4-5,11-14,20H2,1-3H3. The SMILES string of the molecule is CCOC(CN(CCc1ccccc1)C(=O)C(N)CC(=O)OC)OCC. The Labute approximate surface area is 155 Å². The lowest BCUT2D eigenvalue weighted by Crippen LogP contribution is -2.49. The van der Waals surface area contributed by atoms with Crippen LogP contribution in [0.2, 0.25) is 0 Å². The van der Waals surface area contributed by atoms with Gasteiger partial charge in [0.2, 0.25) is 5.91 Å². The molecule has 1 atom stereocenters. The minimum Gasteiger partial charge on any atom is -0.469 e. The number of rotatable bonds is 12. The van der Waals surface area contributed by atoms with E-state index in [9.17, 15) is 9.59 Å². The summed E-state index contributed by atoms with van der Waals surface area (Å²) in [5.74, 6) is -0.837. The number of ether oxygens (including phenoxy) is 3. The van der Waals surface area contributed by atoms with Crippen molar-refractivity contribution < 1.29 is 23.8 Å². The van der Waals surface area contributed by atoms with Crippen LogP contribution in [-0.2, 0) is 30.2 Å². The monoisotopic (exact) mass is 366 g/mol. The van der Waals surface area contributed by atoms with Crippen molar-refractivity contribution in [3.05, 3.63) is 35.9 Å². The van der Waals surface area contributed by atoms with Gasteiger partial charge in [0, 0.05) is 19.8 Å². The molecule has 2 N–H and O–H groups in total. The summed E-state index contributed by atoms with van der Waals surface area (Å²) in [5, 5.41) is 0. The van der Waals surface area contributed by atoms with E-state index in [-0.39, 0.29) is 18.9 Å². The molecule has 7 nitrogen and oxygen atoms in total. The van der Waals surface area contributed by atoms with Crippen LogP contribution in [0.25, 0.3) is 0 Å². The lowest BCUT2D eigenvalue weighted by Gasteiger charge is -2.29. The summed E-state index contributed by atoms with van der Waals surface area (Å²) in [6.07, 6.45) is -0.0248. The van der Waals surface area contributed by atoms with E-state index >= 15 is 0 Å². The van der Waals surface area contributed by atoms with E-state index in [0.29, 0.717) is 26.2 Å². The first-order valence-corrected chi connectivity index (χ1v) is 8.90. The van der Waals surface area contributed by atoms with E-state index < -0.39 is 18.3 Å². The van der Waals surface area contributed by atoms with E-state index in [4.69, 9.17) is 15.2 Å². The van der Waals surface area contributed by atoms with Crippen LogP contribution in [-0.4, -0.2) is 62.5 Å². The lowest BCUT2D eigenvalue weighted by atomic mass is 10.1. The van der Waals surface area contributed by atoms with Crippen molar-refractivity contribution in [3.63, 3.8) is 0 Å². The van der Waals surface area contributed by atoms with Gasteiger partial charge < -0.3 is 24.8 Å². The fraction of sp³-hybridized carbons (Fsp3) is 0.579. The van der Waals surface area contributed by atoms with Crippen LogP contribution < -0.4 is 5.73 Å². The summed E-state index contributed by atoms with van der Waals surface area (Å²) in [4.78, 5) is 25.8. The molecule has 7 heteroatoms. The summed E-state index contributed by atoms with van der Waals surface area (Å²) in [5.41, 5.74) is 7.02. The molecule has 1 rings (SSSR count). The molecule has 0 aliphatic rings. The summed E-state index contributed by atoms with van der Waals surface area (Å²) in [6.45, 7) is 5.38. The average molecular weight is 366 g/mol. The van der Waals surface area contributed by atoms with E-state index in [1.54, 1.807) is 4.90 Å². The molecule has 26 heavy (non-hydrogen) atoms. The second-order valence-electron chi connectivity index (χ2n) is 5.75. The Morgan fingerprint density at radius 1 is 1.12 bits per heavy atom.